The second kappa shape index (κ2) is 6.53. The van der Waals surface area contributed by atoms with Crippen LogP contribution in [0.15, 0.2) is 18.2 Å². The number of thioether (sulfide) groups is 1. The molecule has 1 aliphatic rings. The lowest BCUT2D eigenvalue weighted by molar-refractivity contribution is 0.173. The van der Waals surface area contributed by atoms with Crippen LogP contribution in [0.4, 0.5) is 0 Å². The first kappa shape index (κ1) is 14.5. The molecule has 0 aromatic heterocycles. The first-order chi connectivity index (χ1) is 9.24. The molecule has 1 aliphatic heterocycles. The minimum atomic E-state index is 0.338. The van der Waals surface area contributed by atoms with E-state index >= 15 is 0 Å². The summed E-state index contributed by atoms with van der Waals surface area (Å²) in [6, 6.07) is 6.07. The molecule has 0 aliphatic carbocycles. The number of hydrogen-bond donors (Lipinski definition) is 1. The number of fused-ring (bicyclic) bond motifs is 1. The van der Waals surface area contributed by atoms with Crippen molar-refractivity contribution in [3.05, 3.63) is 23.8 Å². The first-order valence-corrected chi connectivity index (χ1v) is 8.10. The number of benzene rings is 1. The molecular formula is C15H23NO2S. The van der Waals surface area contributed by atoms with Crippen molar-refractivity contribution in [2.24, 2.45) is 0 Å². The molecule has 106 valence electrons. The van der Waals surface area contributed by atoms with Crippen molar-refractivity contribution in [1.29, 1.82) is 0 Å². The number of para-hydroxylation sites is 1. The molecule has 19 heavy (non-hydrogen) atoms. The van der Waals surface area contributed by atoms with Gasteiger partial charge in [0.05, 0.1) is 0 Å². The second-order valence-corrected chi connectivity index (χ2v) is 6.12. The van der Waals surface area contributed by atoms with Crippen LogP contribution >= 0.6 is 11.8 Å². The third kappa shape index (κ3) is 3.18. The summed E-state index contributed by atoms with van der Waals surface area (Å²) in [6.45, 7) is 6.71. The van der Waals surface area contributed by atoms with Gasteiger partial charge in [0, 0.05) is 23.4 Å². The van der Waals surface area contributed by atoms with Gasteiger partial charge in [0.25, 0.3) is 0 Å². The number of hydrogen-bond acceptors (Lipinski definition) is 4. The van der Waals surface area contributed by atoms with Gasteiger partial charge in [0.15, 0.2) is 11.5 Å². The van der Waals surface area contributed by atoms with E-state index in [4.69, 9.17) is 9.47 Å². The molecule has 0 bridgehead atoms. The summed E-state index contributed by atoms with van der Waals surface area (Å²) >= 11 is 1.96. The Labute approximate surface area is 120 Å². The standard InChI is InChI=1S/C15H23NO2S/c1-4-15(5-2,19-3)10-16-9-12-7-6-8-13-14(12)18-11-17-13/h6-8,16H,4-5,9-11H2,1-3H3. The molecule has 1 N–H and O–H groups in total. The number of nitrogens with one attached hydrogen (secondary N) is 1. The van der Waals surface area contributed by atoms with Gasteiger partial charge < -0.3 is 14.8 Å². The van der Waals surface area contributed by atoms with Crippen LogP contribution in [0.3, 0.4) is 0 Å². The molecule has 0 atom stereocenters. The fourth-order valence-corrected chi connectivity index (χ4v) is 3.24. The summed E-state index contributed by atoms with van der Waals surface area (Å²) in [7, 11) is 0. The number of ether oxygens (including phenoxy) is 2. The van der Waals surface area contributed by atoms with Gasteiger partial charge in [-0.25, -0.2) is 0 Å². The monoisotopic (exact) mass is 281 g/mol. The molecule has 2 rings (SSSR count). The van der Waals surface area contributed by atoms with Crippen LogP contribution in [0.5, 0.6) is 11.5 Å². The Morgan fingerprint density at radius 1 is 1.26 bits per heavy atom. The largest absolute Gasteiger partial charge is 0.454 e. The zero-order valence-corrected chi connectivity index (χ0v) is 12.8. The van der Waals surface area contributed by atoms with Gasteiger partial charge >= 0.3 is 0 Å². The molecule has 0 unspecified atom stereocenters. The van der Waals surface area contributed by atoms with Crippen molar-refractivity contribution < 1.29 is 9.47 Å². The zero-order valence-electron chi connectivity index (χ0n) is 12.0. The van der Waals surface area contributed by atoms with E-state index in [0.29, 0.717) is 11.5 Å². The van der Waals surface area contributed by atoms with Gasteiger partial charge in [0.1, 0.15) is 0 Å². The topological polar surface area (TPSA) is 30.5 Å². The lowest BCUT2D eigenvalue weighted by Gasteiger charge is -2.30. The molecule has 1 aromatic rings. The van der Waals surface area contributed by atoms with Crippen molar-refractivity contribution in [3.63, 3.8) is 0 Å². The Bertz CT molecular complexity index is 410. The fourth-order valence-electron chi connectivity index (χ4n) is 2.42. The highest BCUT2D eigenvalue weighted by atomic mass is 32.2. The molecule has 3 nitrogen and oxygen atoms in total. The Hall–Kier alpha value is -0.870. The predicted molar refractivity (Wildman–Crippen MR) is 81.1 cm³/mol. The van der Waals surface area contributed by atoms with Crippen LogP contribution in [-0.4, -0.2) is 24.3 Å². The first-order valence-electron chi connectivity index (χ1n) is 6.88. The summed E-state index contributed by atoms with van der Waals surface area (Å²) < 4.78 is 11.3. The van der Waals surface area contributed by atoms with Crippen molar-refractivity contribution >= 4 is 11.8 Å². The molecule has 1 aromatic carbocycles. The van der Waals surface area contributed by atoms with Gasteiger partial charge in [-0.05, 0) is 25.2 Å². The third-order valence-corrected chi connectivity index (χ3v) is 5.55. The zero-order chi connectivity index (χ0) is 13.7. The van der Waals surface area contributed by atoms with Gasteiger partial charge in [0.2, 0.25) is 6.79 Å². The quantitative estimate of drug-likeness (QED) is 0.829. The SMILES string of the molecule is CCC(CC)(CNCc1cccc2c1OCO2)SC. The second-order valence-electron chi connectivity index (χ2n) is 4.85. The normalized spacial score (nSPS) is 13.8. The van der Waals surface area contributed by atoms with Crippen molar-refractivity contribution in [3.8, 4) is 11.5 Å². The molecule has 1 heterocycles. The van der Waals surface area contributed by atoms with E-state index in [1.54, 1.807) is 0 Å². The fraction of sp³-hybridized carbons (Fsp3) is 0.600. The Balaban J connectivity index is 1.95. The predicted octanol–water partition coefficient (Wildman–Crippen LogP) is 3.43. The lowest BCUT2D eigenvalue weighted by Crippen LogP contribution is -2.36. The lowest BCUT2D eigenvalue weighted by atomic mass is 10.0. The number of rotatable bonds is 7. The van der Waals surface area contributed by atoms with Gasteiger partial charge in [-0.2, -0.15) is 11.8 Å². The molecule has 0 amide bonds. The Morgan fingerprint density at radius 3 is 2.74 bits per heavy atom. The molecule has 0 radical (unpaired) electrons. The highest BCUT2D eigenvalue weighted by Crippen LogP contribution is 2.35. The van der Waals surface area contributed by atoms with Crippen LogP contribution in [0, 0.1) is 0 Å². The van der Waals surface area contributed by atoms with Gasteiger partial charge in [-0.1, -0.05) is 26.0 Å². The van der Waals surface area contributed by atoms with E-state index < -0.39 is 0 Å². The van der Waals surface area contributed by atoms with Gasteiger partial charge in [-0.15, -0.1) is 0 Å². The Kier molecular flexibility index (Phi) is 4.99. The summed E-state index contributed by atoms with van der Waals surface area (Å²) in [4.78, 5) is 0. The smallest absolute Gasteiger partial charge is 0.231 e. The van der Waals surface area contributed by atoms with Crippen LogP contribution in [-0.2, 0) is 6.54 Å². The minimum absolute atomic E-state index is 0.338. The molecule has 0 saturated carbocycles. The third-order valence-electron chi connectivity index (χ3n) is 3.96. The van der Waals surface area contributed by atoms with Crippen LogP contribution < -0.4 is 14.8 Å². The molecule has 4 heteroatoms. The highest BCUT2D eigenvalue weighted by Gasteiger charge is 2.24. The van der Waals surface area contributed by atoms with E-state index in [2.05, 4.69) is 31.5 Å². The molecule has 0 saturated heterocycles. The van der Waals surface area contributed by atoms with Gasteiger partial charge in [-0.3, -0.25) is 0 Å². The molecular weight excluding hydrogens is 258 g/mol. The summed E-state index contributed by atoms with van der Waals surface area (Å²) in [5.74, 6) is 1.76. The van der Waals surface area contributed by atoms with Crippen LogP contribution in [0.2, 0.25) is 0 Å². The maximum absolute atomic E-state index is 5.52. The van der Waals surface area contributed by atoms with Crippen LogP contribution in [0.25, 0.3) is 0 Å². The van der Waals surface area contributed by atoms with E-state index in [9.17, 15) is 0 Å². The molecule has 0 fully saturated rings. The summed E-state index contributed by atoms with van der Waals surface area (Å²) in [5, 5.41) is 3.57. The average Bonchev–Trinajstić information content (AvgIpc) is 2.93. The van der Waals surface area contributed by atoms with E-state index in [0.717, 1.165) is 24.6 Å². The molecule has 0 spiro atoms. The van der Waals surface area contributed by atoms with Crippen molar-refractivity contribution in [2.45, 2.75) is 38.0 Å². The van der Waals surface area contributed by atoms with Crippen molar-refractivity contribution in [1.82, 2.24) is 5.32 Å². The summed E-state index contributed by atoms with van der Waals surface area (Å²) in [5.41, 5.74) is 1.18. The van der Waals surface area contributed by atoms with E-state index in [1.807, 2.05) is 23.9 Å². The van der Waals surface area contributed by atoms with Crippen LogP contribution in [0.1, 0.15) is 32.3 Å². The van der Waals surface area contributed by atoms with E-state index in [-0.39, 0.29) is 0 Å². The maximum atomic E-state index is 5.52. The average molecular weight is 281 g/mol. The minimum Gasteiger partial charge on any atom is -0.454 e. The van der Waals surface area contributed by atoms with Crippen molar-refractivity contribution in [2.75, 3.05) is 19.6 Å². The maximum Gasteiger partial charge on any atom is 0.231 e. The summed E-state index contributed by atoms with van der Waals surface area (Å²) in [6.07, 6.45) is 4.57. The Morgan fingerprint density at radius 2 is 2.05 bits per heavy atom. The van der Waals surface area contributed by atoms with E-state index in [1.165, 1.54) is 18.4 Å². The highest BCUT2D eigenvalue weighted by molar-refractivity contribution is 8.00.